The number of ketones is 1. The number of nitrogens with one attached hydrogen (secondary N) is 1. The number of rotatable bonds is 8. The van der Waals surface area contributed by atoms with Gasteiger partial charge in [0.2, 0.25) is 5.91 Å². The van der Waals surface area contributed by atoms with Crippen molar-refractivity contribution >= 4 is 17.6 Å². The van der Waals surface area contributed by atoms with Gasteiger partial charge >= 0.3 is 0 Å². The van der Waals surface area contributed by atoms with Crippen LogP contribution in [-0.4, -0.2) is 42.1 Å². The summed E-state index contributed by atoms with van der Waals surface area (Å²) < 4.78 is 0. The highest BCUT2D eigenvalue weighted by Gasteiger charge is 2.27. The topological polar surface area (TPSA) is 66.5 Å². The predicted octanol–water partition coefficient (Wildman–Crippen LogP) is 3.54. The summed E-state index contributed by atoms with van der Waals surface area (Å²) in [6, 6.07) is 7.62. The van der Waals surface area contributed by atoms with E-state index in [2.05, 4.69) is 5.32 Å². The number of likely N-dealkylation sites (tertiary alicyclic amines) is 1. The van der Waals surface area contributed by atoms with Crippen molar-refractivity contribution in [2.75, 3.05) is 19.6 Å². The SMILES string of the molecule is CC(C)C(=O)CNC(=O)c1cccc(C2CCCN(C(=O)CCC3CC3)C2)c1. The van der Waals surface area contributed by atoms with Crippen molar-refractivity contribution in [2.45, 2.75) is 58.3 Å². The van der Waals surface area contributed by atoms with Gasteiger partial charge in [-0.2, -0.15) is 0 Å². The lowest BCUT2D eigenvalue weighted by Crippen LogP contribution is -2.39. The molecule has 1 heterocycles. The molecule has 1 aromatic rings. The zero-order chi connectivity index (χ0) is 20.1. The van der Waals surface area contributed by atoms with E-state index in [1.807, 2.05) is 36.9 Å². The van der Waals surface area contributed by atoms with Crippen LogP contribution >= 0.6 is 0 Å². The summed E-state index contributed by atoms with van der Waals surface area (Å²) in [5.74, 6) is 1.04. The maximum Gasteiger partial charge on any atom is 0.251 e. The van der Waals surface area contributed by atoms with Gasteiger partial charge in [0.1, 0.15) is 0 Å². The molecule has 0 bridgehead atoms. The van der Waals surface area contributed by atoms with Gasteiger partial charge in [0.15, 0.2) is 5.78 Å². The number of Topliss-reactive ketones (excluding diaryl/α,β-unsaturated/α-hetero) is 1. The van der Waals surface area contributed by atoms with E-state index in [0.717, 1.165) is 43.8 Å². The van der Waals surface area contributed by atoms with E-state index in [4.69, 9.17) is 0 Å². The summed E-state index contributed by atoms with van der Waals surface area (Å²) in [7, 11) is 0. The minimum atomic E-state index is -0.218. The van der Waals surface area contributed by atoms with Crippen molar-refractivity contribution in [3.05, 3.63) is 35.4 Å². The van der Waals surface area contributed by atoms with Gasteiger partial charge in [-0.3, -0.25) is 14.4 Å². The van der Waals surface area contributed by atoms with Gasteiger partial charge in [-0.05, 0) is 42.9 Å². The molecule has 1 N–H and O–H groups in total. The van der Waals surface area contributed by atoms with Crippen molar-refractivity contribution in [1.82, 2.24) is 10.2 Å². The highest BCUT2D eigenvalue weighted by atomic mass is 16.2. The molecule has 2 aliphatic rings. The number of carbonyl (C=O) groups excluding carboxylic acids is 3. The van der Waals surface area contributed by atoms with Crippen molar-refractivity contribution < 1.29 is 14.4 Å². The lowest BCUT2D eigenvalue weighted by Gasteiger charge is -2.33. The van der Waals surface area contributed by atoms with Gasteiger partial charge in [0, 0.05) is 36.9 Å². The monoisotopic (exact) mass is 384 g/mol. The lowest BCUT2D eigenvalue weighted by atomic mass is 9.89. The molecule has 0 aromatic heterocycles. The first-order chi connectivity index (χ1) is 13.4. The molecular weight excluding hydrogens is 352 g/mol. The predicted molar refractivity (Wildman–Crippen MR) is 109 cm³/mol. The zero-order valence-electron chi connectivity index (χ0n) is 17.1. The standard InChI is InChI=1S/C23H32N2O3/c1-16(2)21(26)14-24-23(28)19-6-3-5-18(13-19)20-7-4-12-25(15-20)22(27)11-10-17-8-9-17/h3,5-6,13,16-17,20H,4,7-12,14-15H2,1-2H3,(H,24,28). The van der Waals surface area contributed by atoms with Crippen LogP contribution in [0.2, 0.25) is 0 Å². The van der Waals surface area contributed by atoms with Crippen LogP contribution in [0, 0.1) is 11.8 Å². The number of nitrogens with zero attached hydrogens (tertiary/aromatic N) is 1. The quantitative estimate of drug-likeness (QED) is 0.745. The molecule has 3 rings (SSSR count). The van der Waals surface area contributed by atoms with Gasteiger partial charge in [-0.25, -0.2) is 0 Å². The van der Waals surface area contributed by atoms with Gasteiger partial charge in [-0.15, -0.1) is 0 Å². The van der Waals surface area contributed by atoms with Crippen LogP contribution in [0.25, 0.3) is 0 Å². The molecule has 1 saturated carbocycles. The van der Waals surface area contributed by atoms with E-state index in [1.54, 1.807) is 6.07 Å². The summed E-state index contributed by atoms with van der Waals surface area (Å²) in [5, 5.41) is 2.72. The van der Waals surface area contributed by atoms with Crippen molar-refractivity contribution in [1.29, 1.82) is 0 Å². The van der Waals surface area contributed by atoms with E-state index in [0.29, 0.717) is 12.0 Å². The maximum atomic E-state index is 12.5. The first-order valence-corrected chi connectivity index (χ1v) is 10.6. The molecular formula is C23H32N2O3. The Morgan fingerprint density at radius 2 is 1.96 bits per heavy atom. The third-order valence-electron chi connectivity index (χ3n) is 5.92. The highest BCUT2D eigenvalue weighted by Crippen LogP contribution is 2.34. The van der Waals surface area contributed by atoms with E-state index >= 15 is 0 Å². The van der Waals surface area contributed by atoms with Gasteiger partial charge < -0.3 is 10.2 Å². The Kier molecular flexibility index (Phi) is 6.87. The van der Waals surface area contributed by atoms with Crippen LogP contribution in [0.4, 0.5) is 0 Å². The summed E-state index contributed by atoms with van der Waals surface area (Å²) in [6.45, 7) is 5.30. The minimum absolute atomic E-state index is 0.0251. The molecule has 1 aromatic carbocycles. The number of carbonyl (C=O) groups is 3. The van der Waals surface area contributed by atoms with Crippen LogP contribution in [0.3, 0.4) is 0 Å². The summed E-state index contributed by atoms with van der Waals surface area (Å²) in [5.41, 5.74) is 1.67. The largest absolute Gasteiger partial charge is 0.345 e. The second-order valence-corrected chi connectivity index (χ2v) is 8.59. The molecule has 0 spiro atoms. The first-order valence-electron chi connectivity index (χ1n) is 10.6. The molecule has 1 aliphatic heterocycles. The van der Waals surface area contributed by atoms with Crippen molar-refractivity contribution in [3.63, 3.8) is 0 Å². The third-order valence-corrected chi connectivity index (χ3v) is 5.92. The summed E-state index contributed by atoms with van der Waals surface area (Å²) in [6.07, 6.45) is 6.30. The summed E-state index contributed by atoms with van der Waals surface area (Å²) >= 11 is 0. The number of hydrogen-bond acceptors (Lipinski definition) is 3. The van der Waals surface area contributed by atoms with Gasteiger partial charge in [-0.1, -0.05) is 38.8 Å². The van der Waals surface area contributed by atoms with Crippen molar-refractivity contribution in [3.8, 4) is 0 Å². The molecule has 1 atom stereocenters. The van der Waals surface area contributed by atoms with E-state index in [-0.39, 0.29) is 36.0 Å². The average Bonchev–Trinajstić information content (AvgIpc) is 3.54. The third kappa shape index (κ3) is 5.66. The molecule has 2 fully saturated rings. The Bertz CT molecular complexity index is 724. The molecule has 0 radical (unpaired) electrons. The Balaban J connectivity index is 1.58. The first kappa shape index (κ1) is 20.6. The number of piperidine rings is 1. The van der Waals surface area contributed by atoms with Crippen LogP contribution in [0.15, 0.2) is 24.3 Å². The second kappa shape index (κ2) is 9.35. The van der Waals surface area contributed by atoms with Crippen molar-refractivity contribution in [2.24, 2.45) is 11.8 Å². The summed E-state index contributed by atoms with van der Waals surface area (Å²) in [4.78, 5) is 38.7. The smallest absolute Gasteiger partial charge is 0.251 e. The Labute approximate surface area is 167 Å². The normalized spacial score (nSPS) is 19.5. The lowest BCUT2D eigenvalue weighted by molar-refractivity contribution is -0.132. The van der Waals surface area contributed by atoms with Crippen LogP contribution < -0.4 is 5.32 Å². The average molecular weight is 385 g/mol. The molecule has 1 saturated heterocycles. The fourth-order valence-corrected chi connectivity index (χ4v) is 3.78. The van der Waals surface area contributed by atoms with Gasteiger partial charge in [0.05, 0.1) is 6.54 Å². The van der Waals surface area contributed by atoms with E-state index in [1.165, 1.54) is 12.8 Å². The number of hydrogen-bond donors (Lipinski definition) is 1. The molecule has 1 aliphatic carbocycles. The minimum Gasteiger partial charge on any atom is -0.345 e. The molecule has 28 heavy (non-hydrogen) atoms. The van der Waals surface area contributed by atoms with Crippen LogP contribution in [-0.2, 0) is 9.59 Å². The Morgan fingerprint density at radius 1 is 1.18 bits per heavy atom. The fourth-order valence-electron chi connectivity index (χ4n) is 3.78. The second-order valence-electron chi connectivity index (χ2n) is 8.59. The van der Waals surface area contributed by atoms with E-state index < -0.39 is 0 Å². The molecule has 5 heteroatoms. The van der Waals surface area contributed by atoms with Crippen LogP contribution in [0.1, 0.15) is 74.2 Å². The van der Waals surface area contributed by atoms with Crippen LogP contribution in [0.5, 0.6) is 0 Å². The fraction of sp³-hybridized carbons (Fsp3) is 0.609. The molecule has 5 nitrogen and oxygen atoms in total. The number of benzene rings is 1. The maximum absolute atomic E-state index is 12.5. The molecule has 152 valence electrons. The van der Waals surface area contributed by atoms with E-state index in [9.17, 15) is 14.4 Å². The Hall–Kier alpha value is -2.17. The van der Waals surface area contributed by atoms with Gasteiger partial charge in [0.25, 0.3) is 5.91 Å². The molecule has 2 amide bonds. The molecule has 1 unspecified atom stereocenters. The highest BCUT2D eigenvalue weighted by molar-refractivity contribution is 5.97. The Morgan fingerprint density at radius 3 is 2.68 bits per heavy atom. The zero-order valence-corrected chi connectivity index (χ0v) is 17.1. The number of amides is 2.